The van der Waals surface area contributed by atoms with Crippen LogP contribution < -0.4 is 11.1 Å². The predicted molar refractivity (Wildman–Crippen MR) is 108 cm³/mol. The van der Waals surface area contributed by atoms with Gasteiger partial charge in [0.05, 0.1) is 26.4 Å². The van der Waals surface area contributed by atoms with E-state index in [1.54, 1.807) is 0 Å². The molecule has 0 fully saturated rings. The number of rotatable bonds is 10. The summed E-state index contributed by atoms with van der Waals surface area (Å²) >= 11 is 0. The zero-order valence-electron chi connectivity index (χ0n) is 14.4. The first kappa shape index (κ1) is 22.1. The van der Waals surface area contributed by atoms with Crippen molar-refractivity contribution >= 4 is 35.6 Å². The Balaban J connectivity index is 0.00000484. The van der Waals surface area contributed by atoms with Crippen LogP contribution in [0.25, 0.3) is 0 Å². The van der Waals surface area contributed by atoms with Crippen molar-refractivity contribution in [2.45, 2.75) is 33.6 Å². The molecule has 0 atom stereocenters. The summed E-state index contributed by atoms with van der Waals surface area (Å²) in [4.78, 5) is 4.24. The Hall–Kier alpha value is -0.860. The van der Waals surface area contributed by atoms with Crippen LogP contribution in [0.2, 0.25) is 0 Å². The van der Waals surface area contributed by atoms with Gasteiger partial charge in [0.1, 0.15) is 0 Å². The van der Waals surface area contributed by atoms with Crippen LogP contribution >= 0.6 is 24.0 Å². The van der Waals surface area contributed by atoms with Crippen molar-refractivity contribution in [3.63, 3.8) is 0 Å². The largest absolute Gasteiger partial charge is 0.379 e. The van der Waals surface area contributed by atoms with Gasteiger partial charge in [0.2, 0.25) is 0 Å². The highest BCUT2D eigenvalue weighted by molar-refractivity contribution is 14.0. The first-order valence-corrected chi connectivity index (χ1v) is 7.93. The van der Waals surface area contributed by atoms with Crippen molar-refractivity contribution in [3.05, 3.63) is 29.3 Å². The van der Waals surface area contributed by atoms with Crippen molar-refractivity contribution in [2.75, 3.05) is 38.3 Å². The third-order valence-electron chi connectivity index (χ3n) is 3.31. The van der Waals surface area contributed by atoms with E-state index in [1.165, 1.54) is 11.1 Å². The van der Waals surface area contributed by atoms with Crippen molar-refractivity contribution in [2.24, 2.45) is 10.7 Å². The minimum Gasteiger partial charge on any atom is -0.379 e. The number of anilines is 1. The van der Waals surface area contributed by atoms with Crippen LogP contribution in [0.3, 0.4) is 0 Å². The lowest BCUT2D eigenvalue weighted by Crippen LogP contribution is -2.23. The molecule has 0 unspecified atom stereocenters. The molecule has 3 N–H and O–H groups in total. The van der Waals surface area contributed by atoms with E-state index in [-0.39, 0.29) is 24.0 Å². The summed E-state index contributed by atoms with van der Waals surface area (Å²) in [5.41, 5.74) is 9.29. The molecule has 0 aliphatic rings. The molecular formula is C17H30IN3O2. The monoisotopic (exact) mass is 435 g/mol. The molecule has 0 bridgehead atoms. The molecule has 0 spiro atoms. The van der Waals surface area contributed by atoms with E-state index >= 15 is 0 Å². The second-order valence-corrected chi connectivity index (χ2v) is 5.27. The Kier molecular flexibility index (Phi) is 13.1. The third kappa shape index (κ3) is 10.5. The van der Waals surface area contributed by atoms with Crippen molar-refractivity contribution in [1.29, 1.82) is 0 Å². The van der Waals surface area contributed by atoms with E-state index in [9.17, 15) is 0 Å². The Bertz CT molecular complexity index is 467. The van der Waals surface area contributed by atoms with Crippen molar-refractivity contribution in [1.82, 2.24) is 0 Å². The summed E-state index contributed by atoms with van der Waals surface area (Å²) in [5.74, 6) is 0.408. The number of guanidine groups is 1. The molecule has 1 aromatic rings. The minimum absolute atomic E-state index is 0. The third-order valence-corrected chi connectivity index (χ3v) is 3.31. The molecule has 132 valence electrons. The fourth-order valence-corrected chi connectivity index (χ4v) is 1.81. The van der Waals surface area contributed by atoms with Crippen LogP contribution in [0, 0.1) is 13.8 Å². The maximum absolute atomic E-state index is 5.85. The van der Waals surface area contributed by atoms with Crippen LogP contribution in [0.4, 0.5) is 5.69 Å². The quantitative estimate of drug-likeness (QED) is 0.256. The SMILES string of the molecule is CCCCOCCOCCN=C(N)Nc1ccc(C)c(C)c1.I. The molecule has 0 amide bonds. The number of unbranched alkanes of at least 4 members (excludes halogenated alkanes) is 1. The number of nitrogens with two attached hydrogens (primary N) is 1. The first-order valence-electron chi connectivity index (χ1n) is 7.93. The summed E-state index contributed by atoms with van der Waals surface area (Å²) in [6.45, 7) is 9.44. The number of hydrogen-bond donors (Lipinski definition) is 2. The van der Waals surface area contributed by atoms with Gasteiger partial charge in [-0.25, -0.2) is 0 Å². The Labute approximate surface area is 157 Å². The van der Waals surface area contributed by atoms with E-state index in [1.807, 2.05) is 6.07 Å². The fourth-order valence-electron chi connectivity index (χ4n) is 1.81. The summed E-state index contributed by atoms with van der Waals surface area (Å²) in [6, 6.07) is 6.11. The molecule has 0 heterocycles. The van der Waals surface area contributed by atoms with E-state index in [0.717, 1.165) is 25.1 Å². The average molecular weight is 435 g/mol. The van der Waals surface area contributed by atoms with E-state index in [2.05, 4.69) is 43.2 Å². The van der Waals surface area contributed by atoms with Gasteiger partial charge in [-0.2, -0.15) is 0 Å². The molecule has 5 nitrogen and oxygen atoms in total. The number of hydrogen-bond acceptors (Lipinski definition) is 3. The number of nitrogens with one attached hydrogen (secondary N) is 1. The van der Waals surface area contributed by atoms with Crippen LogP contribution in [-0.4, -0.2) is 38.9 Å². The van der Waals surface area contributed by atoms with Crippen molar-refractivity contribution < 1.29 is 9.47 Å². The molecule has 0 aliphatic carbocycles. The lowest BCUT2D eigenvalue weighted by molar-refractivity contribution is 0.0498. The molecule has 0 radical (unpaired) electrons. The predicted octanol–water partition coefficient (Wildman–Crippen LogP) is 3.48. The van der Waals surface area contributed by atoms with Crippen LogP contribution in [0.15, 0.2) is 23.2 Å². The normalized spacial score (nSPS) is 11.2. The van der Waals surface area contributed by atoms with Gasteiger partial charge in [-0.1, -0.05) is 19.4 Å². The molecule has 1 rings (SSSR count). The van der Waals surface area contributed by atoms with E-state index in [4.69, 9.17) is 15.2 Å². The van der Waals surface area contributed by atoms with Crippen molar-refractivity contribution in [3.8, 4) is 0 Å². The second-order valence-electron chi connectivity index (χ2n) is 5.27. The van der Waals surface area contributed by atoms with Gasteiger partial charge in [-0.15, -0.1) is 24.0 Å². The van der Waals surface area contributed by atoms with Crippen LogP contribution in [0.1, 0.15) is 30.9 Å². The summed E-state index contributed by atoms with van der Waals surface area (Å²) in [5, 5.41) is 3.08. The molecule has 6 heteroatoms. The molecule has 23 heavy (non-hydrogen) atoms. The molecule has 0 saturated heterocycles. The van der Waals surface area contributed by atoms with E-state index < -0.39 is 0 Å². The van der Waals surface area contributed by atoms with Gasteiger partial charge in [0.25, 0.3) is 0 Å². The first-order chi connectivity index (χ1) is 10.6. The fraction of sp³-hybridized carbons (Fsp3) is 0.588. The number of halogens is 1. The second kappa shape index (κ2) is 13.6. The van der Waals surface area contributed by atoms with Gasteiger partial charge < -0.3 is 20.5 Å². The number of benzene rings is 1. The maximum atomic E-state index is 5.85. The molecule has 0 aromatic heterocycles. The van der Waals surface area contributed by atoms with Crippen LogP contribution in [0.5, 0.6) is 0 Å². The Morgan fingerprint density at radius 1 is 1.09 bits per heavy atom. The van der Waals surface area contributed by atoms with Gasteiger partial charge in [-0.05, 0) is 43.5 Å². The van der Waals surface area contributed by atoms with E-state index in [0.29, 0.717) is 32.3 Å². The highest BCUT2D eigenvalue weighted by Crippen LogP contribution is 2.13. The Morgan fingerprint density at radius 3 is 2.43 bits per heavy atom. The standard InChI is InChI=1S/C17H29N3O2.HI/c1-4-5-9-21-11-12-22-10-8-19-17(18)20-16-7-6-14(2)15(3)13-16;/h6-7,13H,4-5,8-12H2,1-3H3,(H3,18,19,20);1H. The van der Waals surface area contributed by atoms with Gasteiger partial charge >= 0.3 is 0 Å². The van der Waals surface area contributed by atoms with Gasteiger partial charge in [0, 0.05) is 12.3 Å². The molecule has 0 saturated carbocycles. The zero-order chi connectivity index (χ0) is 16.2. The zero-order valence-corrected chi connectivity index (χ0v) is 16.8. The summed E-state index contributed by atoms with van der Waals surface area (Å²) < 4.78 is 10.8. The average Bonchev–Trinajstić information content (AvgIpc) is 2.49. The smallest absolute Gasteiger partial charge is 0.193 e. The summed E-state index contributed by atoms with van der Waals surface area (Å²) in [7, 11) is 0. The minimum atomic E-state index is 0. The summed E-state index contributed by atoms with van der Waals surface area (Å²) in [6.07, 6.45) is 2.26. The highest BCUT2D eigenvalue weighted by atomic mass is 127. The number of nitrogens with zero attached hydrogens (tertiary/aromatic N) is 1. The molecule has 1 aromatic carbocycles. The lowest BCUT2D eigenvalue weighted by atomic mass is 10.1. The maximum Gasteiger partial charge on any atom is 0.193 e. The highest BCUT2D eigenvalue weighted by Gasteiger charge is 1.98. The molecule has 0 aliphatic heterocycles. The number of aryl methyl sites for hydroxylation is 2. The Morgan fingerprint density at radius 2 is 1.78 bits per heavy atom. The number of aliphatic imine (C=N–C) groups is 1. The van der Waals surface area contributed by atoms with Gasteiger partial charge in [0.15, 0.2) is 5.96 Å². The molecular weight excluding hydrogens is 405 g/mol. The topological polar surface area (TPSA) is 68.9 Å². The lowest BCUT2D eigenvalue weighted by Gasteiger charge is -2.08. The van der Waals surface area contributed by atoms with Crippen LogP contribution in [-0.2, 0) is 9.47 Å². The number of ether oxygens (including phenoxy) is 2. The van der Waals surface area contributed by atoms with Gasteiger partial charge in [-0.3, -0.25) is 4.99 Å².